The third kappa shape index (κ3) is 11.8. The molecule has 0 aliphatic carbocycles. The molecule has 0 aromatic carbocycles. The van der Waals surface area contributed by atoms with Gasteiger partial charge in [0.25, 0.3) is 0 Å². The molecular weight excluding hydrogens is 772 g/mol. The highest BCUT2D eigenvalue weighted by Crippen LogP contribution is 2.41. The summed E-state index contributed by atoms with van der Waals surface area (Å²) >= 11 is 0. The Bertz CT molecular complexity index is 1560. The molecular formula is C41H64N4O14. The predicted molar refractivity (Wildman–Crippen MR) is 209 cm³/mol. The molecule has 4 rings (SSSR count). The molecule has 0 spiro atoms. The molecule has 18 heteroatoms. The number of rotatable bonds is 15. The topological polar surface area (TPSA) is 206 Å². The van der Waals surface area contributed by atoms with E-state index in [9.17, 15) is 15.1 Å². The van der Waals surface area contributed by atoms with Crippen molar-refractivity contribution < 1.29 is 66.4 Å². The van der Waals surface area contributed by atoms with Crippen LogP contribution in [0.4, 0.5) is 0 Å². The number of likely N-dealkylation sites (N-methyl/N-ethyl adjacent to an activating group) is 1. The monoisotopic (exact) mass is 836 g/mol. The first-order valence-corrected chi connectivity index (χ1v) is 20.3. The van der Waals surface area contributed by atoms with Crippen LogP contribution in [-0.4, -0.2) is 139 Å². The molecule has 0 aromatic rings. The van der Waals surface area contributed by atoms with Gasteiger partial charge in [-0.15, -0.1) is 0 Å². The molecule has 4 heterocycles. The van der Waals surface area contributed by atoms with Crippen LogP contribution < -0.4 is 5.32 Å². The molecule has 0 saturated carbocycles. The summed E-state index contributed by atoms with van der Waals surface area (Å²) in [7, 11) is 5.01. The third-order valence-electron chi connectivity index (χ3n) is 12.0. The lowest BCUT2D eigenvalue weighted by Gasteiger charge is -2.51. The van der Waals surface area contributed by atoms with E-state index in [-0.39, 0.29) is 49.2 Å². The van der Waals surface area contributed by atoms with E-state index in [0.717, 1.165) is 0 Å². The molecule has 4 aliphatic heterocycles. The van der Waals surface area contributed by atoms with Crippen molar-refractivity contribution in [2.24, 2.45) is 34.7 Å². The number of ether oxygens (including phenoxy) is 12. The Hall–Kier alpha value is -3.23. The van der Waals surface area contributed by atoms with Gasteiger partial charge in [-0.05, 0) is 45.2 Å². The van der Waals surface area contributed by atoms with Gasteiger partial charge >= 0.3 is 11.9 Å². The van der Waals surface area contributed by atoms with Gasteiger partial charge in [0.05, 0.1) is 48.7 Å². The van der Waals surface area contributed by atoms with Crippen molar-refractivity contribution in [2.45, 2.75) is 161 Å². The second-order valence-corrected chi connectivity index (χ2v) is 15.8. The van der Waals surface area contributed by atoms with E-state index in [2.05, 4.69) is 46.1 Å². The van der Waals surface area contributed by atoms with Crippen LogP contribution in [0, 0.1) is 53.5 Å². The molecule has 59 heavy (non-hydrogen) atoms. The average Bonchev–Trinajstić information content (AvgIpc) is 3.19. The molecule has 20 atom stereocenters. The fourth-order valence-corrected chi connectivity index (χ4v) is 8.57. The van der Waals surface area contributed by atoms with Crippen LogP contribution in [0.5, 0.6) is 0 Å². The number of hydrogen-bond acceptors (Lipinski definition) is 16. The predicted octanol–water partition coefficient (Wildman–Crippen LogP) is 3.69. The van der Waals surface area contributed by atoms with Gasteiger partial charge in [-0.1, -0.05) is 45.7 Å². The summed E-state index contributed by atoms with van der Waals surface area (Å²) in [6.07, 6.45) is -6.11. The smallest absolute Gasteiger partial charge is 0.302 e. The van der Waals surface area contributed by atoms with Gasteiger partial charge in [-0.2, -0.15) is 0 Å². The Morgan fingerprint density at radius 3 is 1.71 bits per heavy atom. The average molecular weight is 837 g/mol. The summed E-state index contributed by atoms with van der Waals surface area (Å²) in [6.45, 7) is 17.6. The quantitative estimate of drug-likeness (QED) is 0.0821. The van der Waals surface area contributed by atoms with Gasteiger partial charge < -0.3 is 62.2 Å². The Morgan fingerprint density at radius 1 is 0.661 bits per heavy atom. The van der Waals surface area contributed by atoms with E-state index in [4.69, 9.17) is 56.8 Å². The first-order chi connectivity index (χ1) is 28.1. The number of hydrogen-bond donors (Lipinski definition) is 1. The maximum Gasteiger partial charge on any atom is 0.302 e. The van der Waals surface area contributed by atoms with Crippen molar-refractivity contribution in [3.8, 4) is 23.9 Å². The second kappa shape index (κ2) is 22.6. The van der Waals surface area contributed by atoms with Crippen molar-refractivity contribution in [1.82, 2.24) is 5.32 Å². The summed E-state index contributed by atoms with van der Waals surface area (Å²) in [6, 6.07) is -1.25. The normalized spacial score (nSPS) is 42.1. The Kier molecular flexibility index (Phi) is 18.5. The highest BCUT2D eigenvalue weighted by Gasteiger charge is 2.54. The highest BCUT2D eigenvalue weighted by molar-refractivity contribution is 5.66. The molecule has 1 N–H and O–H groups in total. The van der Waals surface area contributed by atoms with E-state index >= 15 is 0 Å². The van der Waals surface area contributed by atoms with E-state index in [1.54, 1.807) is 28.2 Å². The zero-order valence-corrected chi connectivity index (χ0v) is 36.5. The number of methoxy groups -OCH3 is 2. The van der Waals surface area contributed by atoms with Crippen LogP contribution in [0.1, 0.15) is 69.2 Å². The Balaban J connectivity index is 1.56. The molecule has 332 valence electrons. The van der Waals surface area contributed by atoms with Gasteiger partial charge in [0.15, 0.2) is 18.9 Å². The van der Waals surface area contributed by atoms with E-state index < -0.39 is 97.7 Å². The van der Waals surface area contributed by atoms with Crippen molar-refractivity contribution in [2.75, 3.05) is 34.5 Å². The third-order valence-corrected chi connectivity index (χ3v) is 12.0. The zero-order valence-electron chi connectivity index (χ0n) is 36.5. The van der Waals surface area contributed by atoms with E-state index in [0.29, 0.717) is 0 Å². The first-order valence-electron chi connectivity index (χ1n) is 20.3. The second-order valence-electron chi connectivity index (χ2n) is 15.8. The molecule has 4 saturated heterocycles. The minimum atomic E-state index is -1.12. The van der Waals surface area contributed by atoms with Crippen LogP contribution in [0.25, 0.3) is 10.4 Å². The molecule has 0 amide bonds. The molecule has 4 fully saturated rings. The molecule has 4 aliphatic rings. The number of nitrogens with one attached hydrogen (secondary N) is 1. The Morgan fingerprint density at radius 2 is 1.19 bits per heavy atom. The minimum absolute atomic E-state index is 0.104. The molecule has 0 aromatic heterocycles. The maximum atomic E-state index is 12.0. The number of esters is 2. The van der Waals surface area contributed by atoms with Gasteiger partial charge in [-0.25, -0.2) is 0 Å². The van der Waals surface area contributed by atoms with Crippen LogP contribution in [0.2, 0.25) is 0 Å². The van der Waals surface area contributed by atoms with Crippen molar-refractivity contribution in [1.29, 1.82) is 0 Å². The lowest BCUT2D eigenvalue weighted by molar-refractivity contribution is -0.358. The van der Waals surface area contributed by atoms with Gasteiger partial charge in [0.2, 0.25) is 6.29 Å². The van der Waals surface area contributed by atoms with Crippen molar-refractivity contribution in [3.63, 3.8) is 0 Å². The lowest BCUT2D eigenvalue weighted by Crippen LogP contribution is -2.64. The fraction of sp³-hybridized carbons (Fsp3) is 0.854. The van der Waals surface area contributed by atoms with Crippen LogP contribution >= 0.6 is 0 Å². The molecule has 0 bridgehead atoms. The van der Waals surface area contributed by atoms with E-state index in [1.807, 2.05) is 41.5 Å². The number of carbonyl (C=O) groups is 2. The number of nitrogens with zero attached hydrogens (tertiary/aromatic N) is 3. The molecule has 0 radical (unpaired) electrons. The molecule has 8 unspecified atom stereocenters. The van der Waals surface area contributed by atoms with E-state index in [1.165, 1.54) is 13.8 Å². The fourth-order valence-electron chi connectivity index (χ4n) is 8.57. The van der Waals surface area contributed by atoms with Crippen LogP contribution in [-0.2, 0) is 66.4 Å². The summed E-state index contributed by atoms with van der Waals surface area (Å²) in [5.41, 5.74) is 9.76. The summed E-state index contributed by atoms with van der Waals surface area (Å²) in [4.78, 5) is 27.1. The van der Waals surface area contributed by atoms with Gasteiger partial charge in [0, 0.05) is 62.6 Å². The summed E-state index contributed by atoms with van der Waals surface area (Å²) in [5.74, 6) is 5.75. The van der Waals surface area contributed by atoms with Crippen LogP contribution in [0.3, 0.4) is 0 Å². The maximum absolute atomic E-state index is 12.0. The largest absolute Gasteiger partial charge is 0.463 e. The minimum Gasteiger partial charge on any atom is -0.463 e. The Labute approximate surface area is 348 Å². The number of azide groups is 1. The standard InChI is InChI=1S/C41H64N4O14/c1-14-15-16-17-50-40-31(43-11)21(3)34(29(55-40)18-51-27(9)46)57-39-24(6)36(49-13)37(26(8)54-39)59-41-32(44-45-42)22(4)35(30(56-41)19-52-28(10)47)58-38-23(5)33(48-12)20(2)25(7)53-38/h20-26,29-41,43H,18-19H2,1-13H3/t20-,21-,22-,23+,24+,25?,26?,29?,30?,31?,32?,33?,34+,35+,36?,37+,38+,39+,40-,41+/m1/s1. The lowest BCUT2D eigenvalue weighted by atomic mass is 9.85. The van der Waals surface area contributed by atoms with Crippen molar-refractivity contribution in [3.05, 3.63) is 10.4 Å². The van der Waals surface area contributed by atoms with Crippen LogP contribution in [0.15, 0.2) is 5.11 Å². The number of carbonyl (C=O) groups excluding carboxylic acids is 2. The van der Waals surface area contributed by atoms with Crippen molar-refractivity contribution >= 4 is 11.9 Å². The SMILES string of the molecule is CC#CC#CO[C@@H]1OC(COC(C)=O)[C@@H](O[C@@H]2OC(C)[C@H](O[C@@H]3OC(COC(C)=O)[C@@H](O[C@@H]4OC(C)[C@@H](C)C(OC)[C@@H]4C)[C@H](C)C3N=[N+]=[N-])C(OC)[C@@H]2C)[C@H](C)C1NC. The van der Waals surface area contributed by atoms with Gasteiger partial charge in [0.1, 0.15) is 37.6 Å². The zero-order chi connectivity index (χ0) is 43.6. The summed E-state index contributed by atoms with van der Waals surface area (Å²) in [5, 5.41) is 7.37. The highest BCUT2D eigenvalue weighted by atomic mass is 16.8. The first kappa shape index (κ1) is 48.4. The van der Waals surface area contributed by atoms with Gasteiger partial charge in [-0.3, -0.25) is 9.59 Å². The molecule has 18 nitrogen and oxygen atoms in total. The summed E-state index contributed by atoms with van der Waals surface area (Å²) < 4.78 is 74.2.